The second kappa shape index (κ2) is 8.15. The standard InChI is InChI=1S/C16H24ClNO2/c1-11(2)14-6-5-12(3)9-15(14)20-13(4)10-18-16(19)7-8-17/h5-6,9,11,13H,7-8,10H2,1-4H3,(H,18,19). The van der Waals surface area contributed by atoms with Crippen LogP contribution in [0.3, 0.4) is 0 Å². The van der Waals surface area contributed by atoms with Gasteiger partial charge in [-0.2, -0.15) is 0 Å². The van der Waals surface area contributed by atoms with E-state index < -0.39 is 0 Å². The van der Waals surface area contributed by atoms with E-state index in [0.29, 0.717) is 24.8 Å². The Bertz CT molecular complexity index is 446. The van der Waals surface area contributed by atoms with Crippen molar-refractivity contribution in [3.8, 4) is 5.75 Å². The normalized spacial score (nSPS) is 12.3. The molecule has 0 saturated carbocycles. The Kier molecular flexibility index (Phi) is 6.86. The van der Waals surface area contributed by atoms with Crippen LogP contribution in [-0.4, -0.2) is 24.4 Å². The Morgan fingerprint density at radius 3 is 2.65 bits per heavy atom. The number of halogens is 1. The van der Waals surface area contributed by atoms with Gasteiger partial charge in [-0.1, -0.05) is 26.0 Å². The van der Waals surface area contributed by atoms with E-state index in [1.807, 2.05) is 19.9 Å². The van der Waals surface area contributed by atoms with E-state index in [2.05, 4.69) is 31.3 Å². The molecule has 0 aliphatic heterocycles. The van der Waals surface area contributed by atoms with Crippen LogP contribution in [0.15, 0.2) is 18.2 Å². The summed E-state index contributed by atoms with van der Waals surface area (Å²) in [4.78, 5) is 11.4. The van der Waals surface area contributed by atoms with Gasteiger partial charge in [0, 0.05) is 12.3 Å². The SMILES string of the molecule is Cc1ccc(C(C)C)c(OC(C)CNC(=O)CCCl)c1. The summed E-state index contributed by atoms with van der Waals surface area (Å²) in [5.74, 6) is 1.61. The van der Waals surface area contributed by atoms with Gasteiger partial charge in [0.15, 0.2) is 0 Å². The number of carbonyl (C=O) groups excluding carboxylic acids is 1. The van der Waals surface area contributed by atoms with Crippen LogP contribution in [0.25, 0.3) is 0 Å². The first kappa shape index (κ1) is 16.8. The molecule has 0 fully saturated rings. The molecule has 1 unspecified atom stereocenters. The highest BCUT2D eigenvalue weighted by molar-refractivity contribution is 6.18. The lowest BCUT2D eigenvalue weighted by Gasteiger charge is -2.20. The van der Waals surface area contributed by atoms with Gasteiger partial charge in [-0.3, -0.25) is 4.79 Å². The van der Waals surface area contributed by atoms with Crippen LogP contribution in [0.5, 0.6) is 5.75 Å². The Morgan fingerprint density at radius 2 is 2.05 bits per heavy atom. The minimum absolute atomic E-state index is 0.0382. The minimum Gasteiger partial charge on any atom is -0.489 e. The van der Waals surface area contributed by atoms with Crippen molar-refractivity contribution in [1.82, 2.24) is 5.32 Å². The zero-order valence-electron chi connectivity index (χ0n) is 12.7. The van der Waals surface area contributed by atoms with Gasteiger partial charge >= 0.3 is 0 Å². The molecule has 3 nitrogen and oxygen atoms in total. The van der Waals surface area contributed by atoms with Gasteiger partial charge in [0.05, 0.1) is 6.54 Å². The number of amides is 1. The molecule has 4 heteroatoms. The summed E-state index contributed by atoms with van der Waals surface area (Å²) in [7, 11) is 0. The summed E-state index contributed by atoms with van der Waals surface area (Å²) >= 11 is 5.52. The van der Waals surface area contributed by atoms with E-state index in [1.165, 1.54) is 11.1 Å². The Morgan fingerprint density at radius 1 is 1.35 bits per heavy atom. The topological polar surface area (TPSA) is 38.3 Å². The lowest BCUT2D eigenvalue weighted by Crippen LogP contribution is -2.33. The Balaban J connectivity index is 2.63. The highest BCUT2D eigenvalue weighted by Crippen LogP contribution is 2.28. The van der Waals surface area contributed by atoms with Crippen molar-refractivity contribution in [2.24, 2.45) is 0 Å². The minimum atomic E-state index is -0.0754. The van der Waals surface area contributed by atoms with Crippen molar-refractivity contribution in [3.05, 3.63) is 29.3 Å². The molecule has 20 heavy (non-hydrogen) atoms. The first-order valence-electron chi connectivity index (χ1n) is 7.04. The second-order valence-corrected chi connectivity index (χ2v) is 5.75. The van der Waals surface area contributed by atoms with E-state index in [4.69, 9.17) is 16.3 Å². The maximum atomic E-state index is 11.4. The molecule has 1 aromatic carbocycles. The molecule has 1 rings (SSSR count). The molecule has 0 saturated heterocycles. The lowest BCUT2D eigenvalue weighted by atomic mass is 10.0. The number of benzene rings is 1. The van der Waals surface area contributed by atoms with Crippen molar-refractivity contribution in [1.29, 1.82) is 0 Å². The molecular weight excluding hydrogens is 274 g/mol. The van der Waals surface area contributed by atoms with E-state index >= 15 is 0 Å². The van der Waals surface area contributed by atoms with Gasteiger partial charge in [0.25, 0.3) is 0 Å². The number of nitrogens with one attached hydrogen (secondary N) is 1. The fourth-order valence-electron chi connectivity index (χ4n) is 1.91. The monoisotopic (exact) mass is 297 g/mol. The average Bonchev–Trinajstić information content (AvgIpc) is 2.36. The Labute approximate surface area is 126 Å². The molecule has 0 heterocycles. The summed E-state index contributed by atoms with van der Waals surface area (Å²) in [6, 6.07) is 6.25. The molecule has 1 atom stereocenters. The highest BCUT2D eigenvalue weighted by Gasteiger charge is 2.12. The van der Waals surface area contributed by atoms with Crippen molar-refractivity contribution < 1.29 is 9.53 Å². The Hall–Kier alpha value is -1.22. The molecule has 1 aromatic rings. The van der Waals surface area contributed by atoms with Gasteiger partial charge < -0.3 is 10.1 Å². The van der Waals surface area contributed by atoms with Crippen molar-refractivity contribution in [2.45, 2.75) is 46.1 Å². The van der Waals surface area contributed by atoms with Crippen LogP contribution in [-0.2, 0) is 4.79 Å². The van der Waals surface area contributed by atoms with E-state index in [0.717, 1.165) is 5.75 Å². The first-order valence-corrected chi connectivity index (χ1v) is 7.57. The number of alkyl halides is 1. The number of aryl methyl sites for hydroxylation is 1. The summed E-state index contributed by atoms with van der Waals surface area (Å²) < 4.78 is 5.97. The number of ether oxygens (including phenoxy) is 1. The molecule has 0 aromatic heterocycles. The summed E-state index contributed by atoms with van der Waals surface area (Å²) in [6.45, 7) is 8.77. The number of carbonyl (C=O) groups is 1. The van der Waals surface area contributed by atoms with Gasteiger partial charge in [0.1, 0.15) is 11.9 Å². The first-order chi connectivity index (χ1) is 9.43. The van der Waals surface area contributed by atoms with Gasteiger partial charge in [-0.05, 0) is 37.0 Å². The van der Waals surface area contributed by atoms with Gasteiger partial charge in [-0.15, -0.1) is 11.6 Å². The molecule has 1 N–H and O–H groups in total. The van der Waals surface area contributed by atoms with Gasteiger partial charge in [-0.25, -0.2) is 0 Å². The van der Waals surface area contributed by atoms with E-state index in [-0.39, 0.29) is 12.0 Å². The smallest absolute Gasteiger partial charge is 0.221 e. The average molecular weight is 298 g/mol. The third-order valence-corrected chi connectivity index (χ3v) is 3.22. The van der Waals surface area contributed by atoms with Crippen LogP contribution < -0.4 is 10.1 Å². The van der Waals surface area contributed by atoms with Crippen LogP contribution in [0, 0.1) is 6.92 Å². The summed E-state index contributed by atoms with van der Waals surface area (Å²) in [6.07, 6.45) is 0.268. The second-order valence-electron chi connectivity index (χ2n) is 5.37. The van der Waals surface area contributed by atoms with Crippen LogP contribution in [0.1, 0.15) is 44.2 Å². The molecule has 0 aliphatic rings. The maximum Gasteiger partial charge on any atom is 0.221 e. The van der Waals surface area contributed by atoms with Crippen molar-refractivity contribution in [3.63, 3.8) is 0 Å². The zero-order valence-corrected chi connectivity index (χ0v) is 13.5. The molecule has 0 bridgehead atoms. The number of rotatable bonds is 7. The van der Waals surface area contributed by atoms with E-state index in [1.54, 1.807) is 0 Å². The van der Waals surface area contributed by atoms with Crippen LogP contribution in [0.2, 0.25) is 0 Å². The quantitative estimate of drug-likeness (QED) is 0.781. The summed E-state index contributed by atoms with van der Waals surface area (Å²) in [5.41, 5.74) is 2.36. The third kappa shape index (κ3) is 5.41. The molecule has 0 radical (unpaired) electrons. The predicted octanol–water partition coefficient (Wildman–Crippen LogP) is 3.63. The molecule has 112 valence electrons. The third-order valence-electron chi connectivity index (χ3n) is 3.03. The zero-order chi connectivity index (χ0) is 15.1. The molecule has 0 spiro atoms. The predicted molar refractivity (Wildman–Crippen MR) is 83.7 cm³/mol. The summed E-state index contributed by atoms with van der Waals surface area (Å²) in [5, 5.41) is 2.82. The van der Waals surface area contributed by atoms with E-state index in [9.17, 15) is 4.79 Å². The van der Waals surface area contributed by atoms with Gasteiger partial charge in [0.2, 0.25) is 5.91 Å². The number of hydrogen-bond acceptors (Lipinski definition) is 2. The lowest BCUT2D eigenvalue weighted by molar-refractivity contribution is -0.121. The van der Waals surface area contributed by atoms with Crippen LogP contribution >= 0.6 is 11.6 Å². The highest BCUT2D eigenvalue weighted by atomic mass is 35.5. The van der Waals surface area contributed by atoms with Crippen molar-refractivity contribution >= 4 is 17.5 Å². The molecule has 0 aliphatic carbocycles. The largest absolute Gasteiger partial charge is 0.489 e. The maximum absolute atomic E-state index is 11.4. The van der Waals surface area contributed by atoms with Crippen molar-refractivity contribution in [2.75, 3.05) is 12.4 Å². The fourth-order valence-corrected chi connectivity index (χ4v) is 2.08. The molecular formula is C16H24ClNO2. The molecule has 1 amide bonds. The number of hydrogen-bond donors (Lipinski definition) is 1. The fraction of sp³-hybridized carbons (Fsp3) is 0.562. The van der Waals surface area contributed by atoms with Crippen LogP contribution in [0.4, 0.5) is 0 Å².